The van der Waals surface area contributed by atoms with E-state index < -0.39 is 17.7 Å². The van der Waals surface area contributed by atoms with Crippen LogP contribution in [0.25, 0.3) is 0 Å². The number of nitrogens with one attached hydrogen (secondary N) is 1. The Labute approximate surface area is 187 Å². The number of amides is 2. The number of nitrogens with zero attached hydrogens (tertiary/aromatic N) is 2. The maximum Gasteiger partial charge on any atom is 0.408 e. The number of fused-ring (bicyclic) bond motifs is 1. The maximum atomic E-state index is 13.7. The van der Waals surface area contributed by atoms with Crippen LogP contribution in [-0.2, 0) is 16.1 Å². The van der Waals surface area contributed by atoms with E-state index in [1.54, 1.807) is 0 Å². The van der Waals surface area contributed by atoms with Crippen molar-refractivity contribution < 1.29 is 14.3 Å². The molecule has 2 amide bonds. The molecule has 1 aliphatic carbocycles. The second-order valence-corrected chi connectivity index (χ2v) is 10.2. The third kappa shape index (κ3) is 6.96. The number of ether oxygens (including phenoxy) is 1. The first-order valence-corrected chi connectivity index (χ1v) is 11.8. The van der Waals surface area contributed by atoms with Crippen LogP contribution in [0.2, 0.25) is 0 Å². The smallest absolute Gasteiger partial charge is 0.408 e. The molecule has 0 bridgehead atoms. The van der Waals surface area contributed by atoms with E-state index in [-0.39, 0.29) is 5.91 Å². The van der Waals surface area contributed by atoms with Gasteiger partial charge in [-0.05, 0) is 65.0 Å². The number of alkyl carbamates (subject to hydrolysis) is 1. The van der Waals surface area contributed by atoms with E-state index >= 15 is 0 Å². The van der Waals surface area contributed by atoms with Crippen LogP contribution in [0, 0.1) is 5.92 Å². The maximum absolute atomic E-state index is 13.7. The first-order valence-electron chi connectivity index (χ1n) is 11.8. The van der Waals surface area contributed by atoms with Gasteiger partial charge in [0.05, 0.1) is 0 Å². The summed E-state index contributed by atoms with van der Waals surface area (Å²) in [5, 5.41) is 2.89. The van der Waals surface area contributed by atoms with Gasteiger partial charge in [0.15, 0.2) is 0 Å². The molecular weight excluding hydrogens is 390 g/mol. The van der Waals surface area contributed by atoms with Gasteiger partial charge in [0.25, 0.3) is 0 Å². The fourth-order valence-corrected chi connectivity index (χ4v) is 5.01. The first-order chi connectivity index (χ1) is 14.7. The topological polar surface area (TPSA) is 61.9 Å². The van der Waals surface area contributed by atoms with Gasteiger partial charge in [-0.25, -0.2) is 4.79 Å². The minimum atomic E-state index is -0.621. The Morgan fingerprint density at radius 1 is 1.13 bits per heavy atom. The van der Waals surface area contributed by atoms with Crippen molar-refractivity contribution in [2.45, 2.75) is 83.5 Å². The number of hydrogen-bond acceptors (Lipinski definition) is 4. The highest BCUT2D eigenvalue weighted by molar-refractivity contribution is 5.86. The van der Waals surface area contributed by atoms with Crippen LogP contribution in [0.3, 0.4) is 0 Å². The first kappa shape index (κ1) is 23.6. The zero-order valence-corrected chi connectivity index (χ0v) is 19.6. The third-order valence-electron chi connectivity index (χ3n) is 6.30. The second-order valence-electron chi connectivity index (χ2n) is 10.2. The predicted octanol–water partition coefficient (Wildman–Crippen LogP) is 4.19. The highest BCUT2D eigenvalue weighted by Crippen LogP contribution is 2.35. The van der Waals surface area contributed by atoms with Crippen LogP contribution in [0.5, 0.6) is 0 Å². The zero-order valence-electron chi connectivity index (χ0n) is 19.6. The van der Waals surface area contributed by atoms with E-state index in [1.165, 1.54) is 31.2 Å². The Hall–Kier alpha value is -2.08. The number of likely N-dealkylation sites (tertiary alicyclic amines) is 1. The number of likely N-dealkylation sites (N-methyl/N-ethyl adjacent to an activating group) is 1. The molecule has 1 aromatic rings. The highest BCUT2D eigenvalue weighted by Gasteiger charge is 2.39. The van der Waals surface area contributed by atoms with E-state index in [0.717, 1.165) is 19.4 Å². The van der Waals surface area contributed by atoms with E-state index in [0.29, 0.717) is 25.0 Å². The Kier molecular flexibility index (Phi) is 7.98. The third-order valence-corrected chi connectivity index (χ3v) is 6.30. The fraction of sp³-hybridized carbons (Fsp3) is 0.680. The summed E-state index contributed by atoms with van der Waals surface area (Å²) in [4.78, 5) is 30.4. The van der Waals surface area contributed by atoms with Gasteiger partial charge in [-0.2, -0.15) is 0 Å². The summed E-state index contributed by atoms with van der Waals surface area (Å²) in [6.07, 6.45) is 6.47. The van der Waals surface area contributed by atoms with E-state index in [2.05, 4.69) is 27.2 Å². The van der Waals surface area contributed by atoms with Crippen molar-refractivity contribution in [3.05, 3.63) is 35.9 Å². The predicted molar refractivity (Wildman–Crippen MR) is 123 cm³/mol. The van der Waals surface area contributed by atoms with Gasteiger partial charge in [0.2, 0.25) is 5.91 Å². The van der Waals surface area contributed by atoms with Gasteiger partial charge in [-0.3, -0.25) is 9.69 Å². The molecule has 3 rings (SSSR count). The molecule has 1 N–H and O–H groups in total. The lowest BCUT2D eigenvalue weighted by molar-refractivity contribution is -0.140. The fourth-order valence-electron chi connectivity index (χ4n) is 5.01. The number of benzene rings is 1. The Morgan fingerprint density at radius 2 is 1.81 bits per heavy atom. The van der Waals surface area contributed by atoms with Gasteiger partial charge in [-0.15, -0.1) is 0 Å². The molecule has 1 heterocycles. The highest BCUT2D eigenvalue weighted by atomic mass is 16.6. The molecule has 0 spiro atoms. The molecule has 1 aliphatic heterocycles. The van der Waals surface area contributed by atoms with E-state index in [4.69, 9.17) is 4.74 Å². The summed E-state index contributed by atoms with van der Waals surface area (Å²) in [6, 6.07) is 9.87. The summed E-state index contributed by atoms with van der Waals surface area (Å²) in [5.41, 5.74) is 0.575. The molecule has 1 saturated carbocycles. The average molecular weight is 430 g/mol. The number of rotatable bonds is 6. The zero-order chi connectivity index (χ0) is 22.4. The van der Waals surface area contributed by atoms with Gasteiger partial charge in [0.1, 0.15) is 11.6 Å². The number of carbonyl (C=O) groups excluding carboxylic acids is 2. The lowest BCUT2D eigenvalue weighted by Crippen LogP contribution is -2.59. The van der Waals surface area contributed by atoms with Gasteiger partial charge in [-0.1, -0.05) is 43.2 Å². The Balaban J connectivity index is 1.72. The lowest BCUT2D eigenvalue weighted by Gasteiger charge is -2.45. The average Bonchev–Trinajstić information content (AvgIpc) is 2.71. The summed E-state index contributed by atoms with van der Waals surface area (Å²) in [7, 11) is 1.99. The quantitative estimate of drug-likeness (QED) is 0.736. The Bertz CT molecular complexity index is 729. The van der Waals surface area contributed by atoms with Crippen LogP contribution in [0.4, 0.5) is 4.79 Å². The molecule has 31 heavy (non-hydrogen) atoms. The lowest BCUT2D eigenvalue weighted by atomic mass is 9.78. The van der Waals surface area contributed by atoms with Crippen molar-refractivity contribution >= 4 is 12.0 Å². The van der Waals surface area contributed by atoms with Crippen molar-refractivity contribution in [1.82, 2.24) is 15.1 Å². The summed E-state index contributed by atoms with van der Waals surface area (Å²) >= 11 is 0. The number of piperidine rings is 1. The molecule has 172 valence electrons. The Morgan fingerprint density at radius 3 is 2.52 bits per heavy atom. The van der Waals surface area contributed by atoms with Gasteiger partial charge < -0.3 is 15.0 Å². The molecule has 3 atom stereocenters. The summed E-state index contributed by atoms with van der Waals surface area (Å²) in [5.74, 6) is 0.637. The van der Waals surface area contributed by atoms with Gasteiger partial charge >= 0.3 is 6.09 Å². The van der Waals surface area contributed by atoms with Gasteiger partial charge in [0, 0.05) is 25.7 Å². The minimum absolute atomic E-state index is 0.0300. The van der Waals surface area contributed by atoms with E-state index in [9.17, 15) is 9.59 Å². The molecule has 0 aromatic heterocycles. The van der Waals surface area contributed by atoms with E-state index in [1.807, 2.05) is 46.0 Å². The van der Waals surface area contributed by atoms with Crippen LogP contribution in [0.15, 0.2) is 30.3 Å². The minimum Gasteiger partial charge on any atom is -0.444 e. The molecule has 2 fully saturated rings. The molecule has 6 nitrogen and oxygen atoms in total. The van der Waals surface area contributed by atoms with Crippen LogP contribution in [-0.4, -0.2) is 59.6 Å². The molecule has 2 aliphatic rings. The number of carbonyl (C=O) groups is 2. The van der Waals surface area contributed by atoms with Crippen molar-refractivity contribution in [3.63, 3.8) is 0 Å². The summed E-state index contributed by atoms with van der Waals surface area (Å²) in [6.45, 7) is 7.45. The normalized spacial score (nSPS) is 22.5. The van der Waals surface area contributed by atoms with Crippen molar-refractivity contribution in [2.75, 3.05) is 20.1 Å². The van der Waals surface area contributed by atoms with Crippen molar-refractivity contribution in [1.29, 1.82) is 0 Å². The molecular formula is C25H39N3O3. The van der Waals surface area contributed by atoms with Crippen molar-refractivity contribution in [3.8, 4) is 0 Å². The molecule has 0 unspecified atom stereocenters. The largest absolute Gasteiger partial charge is 0.444 e. The van der Waals surface area contributed by atoms with Crippen LogP contribution >= 0.6 is 0 Å². The standard InChI is InChI=1S/C25H39N3O3/c1-25(2,3)31-24(30)26-21(18-27(4)17-19-11-6-5-7-12-19)23(29)28-16-10-14-20-13-8-9-15-22(20)28/h5-7,11-12,20-22H,8-10,13-18H2,1-4H3,(H,26,30)/t20-,21+,22-/m0/s1. The van der Waals surface area contributed by atoms with Crippen molar-refractivity contribution in [2.24, 2.45) is 5.92 Å². The van der Waals surface area contributed by atoms with Crippen LogP contribution < -0.4 is 5.32 Å². The van der Waals surface area contributed by atoms with Crippen LogP contribution in [0.1, 0.15) is 64.9 Å². The molecule has 6 heteroatoms. The second kappa shape index (κ2) is 10.5. The monoisotopic (exact) mass is 429 g/mol. The molecule has 1 saturated heterocycles. The molecule has 0 radical (unpaired) electrons. The SMILES string of the molecule is CN(Cc1ccccc1)C[C@@H](NC(=O)OC(C)(C)C)C(=O)N1CCC[C@@H]2CCCC[C@@H]21. The summed E-state index contributed by atoms with van der Waals surface area (Å²) < 4.78 is 5.47. The number of hydrogen-bond donors (Lipinski definition) is 1. The molecule has 1 aromatic carbocycles.